The lowest BCUT2D eigenvalue weighted by molar-refractivity contribution is 0.172. The van der Waals surface area contributed by atoms with Crippen molar-refractivity contribution in [3.05, 3.63) is 53.4 Å². The minimum atomic E-state index is -3.42. The number of sulfonamides is 1. The van der Waals surface area contributed by atoms with E-state index in [1.165, 1.54) is 16.9 Å². The SMILES string of the molecule is CN=C(NCCNS(=O)(=O)c1cccs1)N1CCN(Cc2ccccc2)CC1. The summed E-state index contributed by atoms with van der Waals surface area (Å²) in [6.07, 6.45) is 0. The van der Waals surface area contributed by atoms with Gasteiger partial charge in [0.1, 0.15) is 4.21 Å². The van der Waals surface area contributed by atoms with E-state index in [0.717, 1.165) is 38.7 Å². The number of hydrogen-bond donors (Lipinski definition) is 2. The summed E-state index contributed by atoms with van der Waals surface area (Å²) in [5, 5.41) is 5.01. The maximum Gasteiger partial charge on any atom is 0.250 e. The molecule has 1 saturated heterocycles. The van der Waals surface area contributed by atoms with Gasteiger partial charge in [-0.2, -0.15) is 0 Å². The van der Waals surface area contributed by atoms with E-state index < -0.39 is 10.0 Å². The Bertz CT molecular complexity index is 846. The molecule has 28 heavy (non-hydrogen) atoms. The van der Waals surface area contributed by atoms with E-state index in [1.54, 1.807) is 24.6 Å². The Morgan fingerprint density at radius 1 is 1.07 bits per heavy atom. The molecule has 152 valence electrons. The van der Waals surface area contributed by atoms with Gasteiger partial charge >= 0.3 is 0 Å². The van der Waals surface area contributed by atoms with Crippen molar-refractivity contribution in [1.29, 1.82) is 0 Å². The van der Waals surface area contributed by atoms with Crippen LogP contribution in [-0.4, -0.2) is 70.5 Å². The second-order valence-corrected chi connectivity index (χ2v) is 9.49. The van der Waals surface area contributed by atoms with Crippen molar-refractivity contribution >= 4 is 27.3 Å². The third kappa shape index (κ3) is 5.78. The average Bonchev–Trinajstić information content (AvgIpc) is 3.26. The average molecular weight is 422 g/mol. The fourth-order valence-electron chi connectivity index (χ4n) is 3.14. The Morgan fingerprint density at radius 3 is 2.46 bits per heavy atom. The maximum absolute atomic E-state index is 12.1. The number of hydrogen-bond acceptors (Lipinski definition) is 5. The molecule has 2 aromatic rings. The van der Waals surface area contributed by atoms with E-state index in [1.807, 2.05) is 6.07 Å². The number of nitrogens with zero attached hydrogens (tertiary/aromatic N) is 3. The quantitative estimate of drug-likeness (QED) is 0.402. The number of thiophene rings is 1. The molecular weight excluding hydrogens is 394 g/mol. The van der Waals surface area contributed by atoms with E-state index >= 15 is 0 Å². The molecule has 2 heterocycles. The zero-order chi connectivity index (χ0) is 19.8. The minimum absolute atomic E-state index is 0.313. The van der Waals surface area contributed by atoms with Crippen LogP contribution in [0.25, 0.3) is 0 Å². The summed E-state index contributed by atoms with van der Waals surface area (Å²) >= 11 is 1.21. The van der Waals surface area contributed by atoms with Gasteiger partial charge in [0.05, 0.1) is 0 Å². The topological polar surface area (TPSA) is 77.0 Å². The summed E-state index contributed by atoms with van der Waals surface area (Å²) in [5.41, 5.74) is 1.33. The summed E-state index contributed by atoms with van der Waals surface area (Å²) in [7, 11) is -1.66. The van der Waals surface area contributed by atoms with Gasteiger partial charge in [0.15, 0.2) is 5.96 Å². The first kappa shape index (κ1) is 20.8. The highest BCUT2D eigenvalue weighted by atomic mass is 32.2. The Morgan fingerprint density at radius 2 is 1.82 bits per heavy atom. The molecule has 9 heteroatoms. The van der Waals surface area contributed by atoms with Gasteiger partial charge in [-0.1, -0.05) is 36.4 Å². The standard InChI is InChI=1S/C19H27N5O2S2/c1-20-19(21-9-10-22-28(25,26)18-8-5-15-27-18)24-13-11-23(12-14-24)16-17-6-3-2-4-7-17/h2-8,15,22H,9-14,16H2,1H3,(H,20,21). The van der Waals surface area contributed by atoms with Gasteiger partial charge in [-0.15, -0.1) is 11.3 Å². The molecule has 0 radical (unpaired) electrons. The molecule has 2 N–H and O–H groups in total. The van der Waals surface area contributed by atoms with Gasteiger partial charge in [-0.25, -0.2) is 13.1 Å². The normalized spacial score (nSPS) is 16.3. The van der Waals surface area contributed by atoms with Crippen LogP contribution in [0.5, 0.6) is 0 Å². The molecule has 1 aliphatic heterocycles. The molecule has 1 aromatic heterocycles. The molecule has 0 saturated carbocycles. The van der Waals surface area contributed by atoms with E-state index in [0.29, 0.717) is 17.3 Å². The van der Waals surface area contributed by atoms with Crippen LogP contribution in [0.2, 0.25) is 0 Å². The Kier molecular flexibility index (Phi) is 7.43. The number of guanidine groups is 1. The lowest BCUT2D eigenvalue weighted by Gasteiger charge is -2.36. The monoisotopic (exact) mass is 421 g/mol. The molecule has 0 unspecified atom stereocenters. The molecule has 0 spiro atoms. The molecule has 0 bridgehead atoms. The largest absolute Gasteiger partial charge is 0.355 e. The fraction of sp³-hybridized carbons (Fsp3) is 0.421. The van der Waals surface area contributed by atoms with Crippen molar-refractivity contribution in [1.82, 2.24) is 19.8 Å². The maximum atomic E-state index is 12.1. The second kappa shape index (κ2) is 10.0. The van der Waals surface area contributed by atoms with Gasteiger partial charge in [0.25, 0.3) is 0 Å². The van der Waals surface area contributed by atoms with Crippen LogP contribution in [0.15, 0.2) is 57.0 Å². The van der Waals surface area contributed by atoms with Crippen molar-refractivity contribution in [3.63, 3.8) is 0 Å². The van der Waals surface area contributed by atoms with Gasteiger partial charge < -0.3 is 10.2 Å². The van der Waals surface area contributed by atoms with Crippen molar-refractivity contribution in [2.75, 3.05) is 46.3 Å². The molecular formula is C19H27N5O2S2. The Hall–Kier alpha value is -1.94. The third-order valence-corrected chi connectivity index (χ3v) is 7.45. The van der Waals surface area contributed by atoms with Crippen molar-refractivity contribution < 1.29 is 8.42 Å². The highest BCUT2D eigenvalue weighted by Crippen LogP contribution is 2.14. The summed E-state index contributed by atoms with van der Waals surface area (Å²) in [5.74, 6) is 0.815. The molecule has 3 rings (SSSR count). The predicted octanol–water partition coefficient (Wildman–Crippen LogP) is 1.42. The first-order valence-electron chi connectivity index (χ1n) is 9.33. The zero-order valence-electron chi connectivity index (χ0n) is 16.0. The van der Waals surface area contributed by atoms with Crippen LogP contribution in [0.1, 0.15) is 5.56 Å². The zero-order valence-corrected chi connectivity index (χ0v) is 17.7. The summed E-state index contributed by atoms with van der Waals surface area (Å²) in [6.45, 7) is 5.50. The third-order valence-electron chi connectivity index (χ3n) is 4.59. The van der Waals surface area contributed by atoms with Crippen molar-refractivity contribution in [2.45, 2.75) is 10.8 Å². The fourth-order valence-corrected chi connectivity index (χ4v) is 5.21. The van der Waals surface area contributed by atoms with Crippen LogP contribution in [0.4, 0.5) is 0 Å². The van der Waals surface area contributed by atoms with Crippen LogP contribution < -0.4 is 10.0 Å². The van der Waals surface area contributed by atoms with Gasteiger partial charge in [0.2, 0.25) is 10.0 Å². The summed E-state index contributed by atoms with van der Waals surface area (Å²) in [4.78, 5) is 9.00. The number of aliphatic imine (C=N–C) groups is 1. The highest BCUT2D eigenvalue weighted by Gasteiger charge is 2.20. The van der Waals surface area contributed by atoms with Crippen molar-refractivity contribution in [2.24, 2.45) is 4.99 Å². The van der Waals surface area contributed by atoms with Crippen LogP contribution in [-0.2, 0) is 16.6 Å². The van der Waals surface area contributed by atoms with Crippen LogP contribution in [0.3, 0.4) is 0 Å². The predicted molar refractivity (Wildman–Crippen MR) is 114 cm³/mol. The van der Waals surface area contributed by atoms with Crippen molar-refractivity contribution in [3.8, 4) is 0 Å². The Labute approximate surface area is 171 Å². The lowest BCUT2D eigenvalue weighted by Crippen LogP contribution is -2.52. The molecule has 0 aliphatic carbocycles. The number of piperazine rings is 1. The summed E-state index contributed by atoms with van der Waals surface area (Å²) in [6, 6.07) is 13.8. The lowest BCUT2D eigenvalue weighted by atomic mass is 10.2. The molecule has 0 amide bonds. The first-order chi connectivity index (χ1) is 13.6. The number of benzene rings is 1. The van der Waals surface area contributed by atoms with Gasteiger partial charge in [-0.05, 0) is 17.0 Å². The molecule has 1 fully saturated rings. The molecule has 1 aromatic carbocycles. The minimum Gasteiger partial charge on any atom is -0.355 e. The van der Waals surface area contributed by atoms with E-state index in [9.17, 15) is 8.42 Å². The smallest absolute Gasteiger partial charge is 0.250 e. The van der Waals surface area contributed by atoms with E-state index in [2.05, 4.69) is 49.1 Å². The number of rotatable bonds is 7. The second-order valence-electron chi connectivity index (χ2n) is 6.55. The van der Waals surface area contributed by atoms with Crippen LogP contribution in [0, 0.1) is 0 Å². The highest BCUT2D eigenvalue weighted by molar-refractivity contribution is 7.91. The van der Waals surface area contributed by atoms with E-state index in [4.69, 9.17) is 0 Å². The van der Waals surface area contributed by atoms with E-state index in [-0.39, 0.29) is 0 Å². The molecule has 7 nitrogen and oxygen atoms in total. The summed E-state index contributed by atoms with van der Waals surface area (Å²) < 4.78 is 27.2. The number of nitrogens with one attached hydrogen (secondary N) is 2. The van der Waals surface area contributed by atoms with Gasteiger partial charge in [0, 0.05) is 52.9 Å². The van der Waals surface area contributed by atoms with Crippen LogP contribution >= 0.6 is 11.3 Å². The Balaban J connectivity index is 1.40. The molecule has 1 aliphatic rings. The van der Waals surface area contributed by atoms with Gasteiger partial charge in [-0.3, -0.25) is 9.89 Å². The first-order valence-corrected chi connectivity index (χ1v) is 11.7. The molecule has 0 atom stereocenters.